The molecule has 0 spiro atoms. The monoisotopic (exact) mass is 355 g/mol. The molecular formula is C20H29N5O. The van der Waals surface area contributed by atoms with Crippen LogP contribution in [0.4, 0.5) is 0 Å². The van der Waals surface area contributed by atoms with Crippen LogP contribution in [0.2, 0.25) is 0 Å². The first-order valence-corrected chi connectivity index (χ1v) is 9.17. The van der Waals surface area contributed by atoms with Gasteiger partial charge in [0.25, 0.3) is 0 Å². The molecule has 6 nitrogen and oxygen atoms in total. The number of hydrogen-bond acceptors (Lipinski definition) is 2. The molecular weight excluding hydrogens is 326 g/mol. The Morgan fingerprint density at radius 2 is 1.81 bits per heavy atom. The minimum atomic E-state index is 0.0268. The van der Waals surface area contributed by atoms with E-state index in [9.17, 15) is 4.79 Å². The largest absolute Gasteiger partial charge is 0.357 e. The summed E-state index contributed by atoms with van der Waals surface area (Å²) in [6.45, 7) is 7.77. The molecule has 1 aromatic carbocycles. The lowest BCUT2D eigenvalue weighted by molar-refractivity contribution is -0.130. The maximum Gasteiger partial charge on any atom is 0.244 e. The third-order valence-electron chi connectivity index (χ3n) is 4.00. The number of hydrogen-bond donors (Lipinski definition) is 2. The summed E-state index contributed by atoms with van der Waals surface area (Å²) < 4.78 is 2.10. The zero-order valence-corrected chi connectivity index (χ0v) is 15.7. The molecule has 0 bridgehead atoms. The van der Waals surface area contributed by atoms with Crippen LogP contribution in [0.1, 0.15) is 19.4 Å². The summed E-state index contributed by atoms with van der Waals surface area (Å²) in [6, 6.07) is 14.0. The highest BCUT2D eigenvalue weighted by Crippen LogP contribution is 2.04. The Morgan fingerprint density at radius 1 is 1.08 bits per heavy atom. The minimum Gasteiger partial charge on any atom is -0.357 e. The van der Waals surface area contributed by atoms with Gasteiger partial charge in [-0.2, -0.15) is 0 Å². The molecule has 2 rings (SSSR count). The van der Waals surface area contributed by atoms with Gasteiger partial charge in [-0.3, -0.25) is 4.79 Å². The van der Waals surface area contributed by atoms with Gasteiger partial charge in [-0.1, -0.05) is 30.3 Å². The van der Waals surface area contributed by atoms with Gasteiger partial charge in [0.15, 0.2) is 5.96 Å². The maximum absolute atomic E-state index is 12.5. The number of carbonyl (C=O) groups excluding carboxylic acids is 1. The SMILES string of the molecule is CCNC(=NCC(=O)N(CC)Cc1ccccc1)NCCn1cccc1. The second kappa shape index (κ2) is 11.0. The summed E-state index contributed by atoms with van der Waals surface area (Å²) >= 11 is 0. The van der Waals surface area contributed by atoms with Crippen molar-refractivity contribution < 1.29 is 4.79 Å². The molecule has 0 aliphatic heterocycles. The van der Waals surface area contributed by atoms with Gasteiger partial charge in [0.2, 0.25) is 5.91 Å². The first-order valence-electron chi connectivity index (χ1n) is 9.17. The molecule has 6 heteroatoms. The lowest BCUT2D eigenvalue weighted by Gasteiger charge is -2.20. The Labute approximate surface area is 155 Å². The van der Waals surface area contributed by atoms with Gasteiger partial charge in [-0.25, -0.2) is 4.99 Å². The minimum absolute atomic E-state index is 0.0268. The van der Waals surface area contributed by atoms with Gasteiger partial charge in [0.1, 0.15) is 6.54 Å². The highest BCUT2D eigenvalue weighted by Gasteiger charge is 2.12. The summed E-state index contributed by atoms with van der Waals surface area (Å²) in [5.41, 5.74) is 1.13. The van der Waals surface area contributed by atoms with E-state index in [1.807, 2.05) is 73.6 Å². The van der Waals surface area contributed by atoms with Crippen LogP contribution >= 0.6 is 0 Å². The molecule has 0 fully saturated rings. The van der Waals surface area contributed by atoms with E-state index in [0.29, 0.717) is 19.0 Å². The van der Waals surface area contributed by atoms with Crippen LogP contribution in [0.3, 0.4) is 0 Å². The predicted molar refractivity (Wildman–Crippen MR) is 106 cm³/mol. The van der Waals surface area contributed by atoms with Crippen molar-refractivity contribution >= 4 is 11.9 Å². The van der Waals surface area contributed by atoms with Crippen molar-refractivity contribution in [2.45, 2.75) is 26.9 Å². The smallest absolute Gasteiger partial charge is 0.244 e. The Bertz CT molecular complexity index is 667. The number of guanidine groups is 1. The molecule has 0 aliphatic rings. The molecule has 2 N–H and O–H groups in total. The number of benzene rings is 1. The van der Waals surface area contributed by atoms with Crippen LogP contribution in [0.15, 0.2) is 59.9 Å². The average molecular weight is 355 g/mol. The summed E-state index contributed by atoms with van der Waals surface area (Å²) in [7, 11) is 0. The summed E-state index contributed by atoms with van der Waals surface area (Å²) in [4.78, 5) is 18.8. The number of rotatable bonds is 9. The zero-order chi connectivity index (χ0) is 18.6. The van der Waals surface area contributed by atoms with Gasteiger partial charge in [0, 0.05) is 45.1 Å². The molecule has 0 unspecified atom stereocenters. The third kappa shape index (κ3) is 6.63. The fourth-order valence-corrected chi connectivity index (χ4v) is 2.59. The number of amides is 1. The van der Waals surface area contributed by atoms with Crippen LogP contribution in [0, 0.1) is 0 Å². The van der Waals surface area contributed by atoms with E-state index >= 15 is 0 Å². The lowest BCUT2D eigenvalue weighted by atomic mass is 10.2. The molecule has 0 aliphatic carbocycles. The molecule has 1 heterocycles. The van der Waals surface area contributed by atoms with Crippen molar-refractivity contribution in [2.75, 3.05) is 26.2 Å². The van der Waals surface area contributed by atoms with E-state index < -0.39 is 0 Å². The molecule has 0 radical (unpaired) electrons. The van der Waals surface area contributed by atoms with Gasteiger partial charge >= 0.3 is 0 Å². The number of carbonyl (C=O) groups is 1. The molecule has 0 atom stereocenters. The van der Waals surface area contributed by atoms with E-state index in [1.165, 1.54) is 0 Å². The first kappa shape index (κ1) is 19.6. The van der Waals surface area contributed by atoms with Crippen molar-refractivity contribution in [1.82, 2.24) is 20.1 Å². The van der Waals surface area contributed by atoms with Crippen molar-refractivity contribution in [3.63, 3.8) is 0 Å². The van der Waals surface area contributed by atoms with E-state index in [1.54, 1.807) is 0 Å². The average Bonchev–Trinajstić information content (AvgIpc) is 3.18. The summed E-state index contributed by atoms with van der Waals surface area (Å²) in [6.07, 6.45) is 4.05. The Kier molecular flexibility index (Phi) is 8.26. The molecule has 26 heavy (non-hydrogen) atoms. The fourth-order valence-electron chi connectivity index (χ4n) is 2.59. The van der Waals surface area contributed by atoms with Crippen LogP contribution in [0.5, 0.6) is 0 Å². The standard InChI is InChI=1S/C20H29N5O/c1-3-21-20(22-12-15-24-13-8-9-14-24)23-16-19(26)25(4-2)17-18-10-6-5-7-11-18/h5-11,13-14H,3-4,12,15-17H2,1-2H3,(H2,21,22,23). The number of nitrogens with zero attached hydrogens (tertiary/aromatic N) is 3. The maximum atomic E-state index is 12.5. The number of nitrogens with one attached hydrogen (secondary N) is 2. The van der Waals surface area contributed by atoms with Crippen molar-refractivity contribution in [3.8, 4) is 0 Å². The lowest BCUT2D eigenvalue weighted by Crippen LogP contribution is -2.40. The fraction of sp³-hybridized carbons (Fsp3) is 0.400. The highest BCUT2D eigenvalue weighted by atomic mass is 16.2. The molecule has 1 aromatic heterocycles. The zero-order valence-electron chi connectivity index (χ0n) is 15.7. The van der Waals surface area contributed by atoms with Crippen LogP contribution in [0.25, 0.3) is 0 Å². The number of aliphatic imine (C=N–C) groups is 1. The molecule has 1 amide bonds. The molecule has 2 aromatic rings. The second-order valence-electron chi connectivity index (χ2n) is 5.94. The quantitative estimate of drug-likeness (QED) is 0.535. The normalized spacial score (nSPS) is 11.2. The Hall–Kier alpha value is -2.76. The van der Waals surface area contributed by atoms with Crippen LogP contribution < -0.4 is 10.6 Å². The molecule has 140 valence electrons. The van der Waals surface area contributed by atoms with Gasteiger partial charge in [-0.05, 0) is 31.5 Å². The van der Waals surface area contributed by atoms with E-state index in [4.69, 9.17) is 0 Å². The van der Waals surface area contributed by atoms with Gasteiger partial charge in [-0.15, -0.1) is 0 Å². The first-order chi connectivity index (χ1) is 12.7. The van der Waals surface area contributed by atoms with Gasteiger partial charge < -0.3 is 20.1 Å². The van der Waals surface area contributed by atoms with Crippen LogP contribution in [-0.4, -0.2) is 47.5 Å². The molecule has 0 saturated heterocycles. The number of aromatic nitrogens is 1. The van der Waals surface area contributed by atoms with Crippen molar-refractivity contribution in [1.29, 1.82) is 0 Å². The summed E-state index contributed by atoms with van der Waals surface area (Å²) in [5, 5.41) is 6.45. The van der Waals surface area contributed by atoms with Crippen molar-refractivity contribution in [2.24, 2.45) is 4.99 Å². The number of likely N-dealkylation sites (N-methyl/N-ethyl adjacent to an activating group) is 1. The van der Waals surface area contributed by atoms with E-state index in [-0.39, 0.29) is 12.5 Å². The van der Waals surface area contributed by atoms with E-state index in [2.05, 4.69) is 20.2 Å². The highest BCUT2D eigenvalue weighted by molar-refractivity contribution is 5.84. The van der Waals surface area contributed by atoms with Crippen molar-refractivity contribution in [3.05, 3.63) is 60.4 Å². The second-order valence-corrected chi connectivity index (χ2v) is 5.94. The predicted octanol–water partition coefficient (Wildman–Crippen LogP) is 2.09. The Morgan fingerprint density at radius 3 is 2.46 bits per heavy atom. The summed E-state index contributed by atoms with van der Waals surface area (Å²) in [5.74, 6) is 0.697. The van der Waals surface area contributed by atoms with Crippen LogP contribution in [-0.2, 0) is 17.9 Å². The Balaban J connectivity index is 1.86. The molecule has 0 saturated carbocycles. The van der Waals surface area contributed by atoms with Gasteiger partial charge in [0.05, 0.1) is 0 Å². The topological polar surface area (TPSA) is 61.7 Å². The van der Waals surface area contributed by atoms with E-state index in [0.717, 1.165) is 25.2 Å². The third-order valence-corrected chi connectivity index (χ3v) is 4.00.